The number of piperidine rings is 1. The summed E-state index contributed by atoms with van der Waals surface area (Å²) in [6.07, 6.45) is 2.83. The number of aromatic nitrogens is 3. The summed E-state index contributed by atoms with van der Waals surface area (Å²) < 4.78 is 1.75. The maximum atomic E-state index is 13.1. The van der Waals surface area contributed by atoms with Crippen LogP contribution >= 0.6 is 0 Å². The number of carbonyl (C=O) groups is 2. The number of nitrogens with zero attached hydrogens (tertiary/aromatic N) is 4. The van der Waals surface area contributed by atoms with Crippen molar-refractivity contribution >= 4 is 11.9 Å². The van der Waals surface area contributed by atoms with Crippen LogP contribution in [0.4, 0.5) is 0 Å². The number of likely N-dealkylation sites (tertiary alicyclic amines) is 1. The summed E-state index contributed by atoms with van der Waals surface area (Å²) in [5, 5.41) is 17.8. The maximum Gasteiger partial charge on any atom is 0.308 e. The molecule has 0 radical (unpaired) electrons. The number of amides is 1. The van der Waals surface area contributed by atoms with E-state index in [1.54, 1.807) is 9.58 Å². The van der Waals surface area contributed by atoms with Gasteiger partial charge < -0.3 is 10.0 Å². The molecule has 1 aliphatic rings. The van der Waals surface area contributed by atoms with Gasteiger partial charge in [0.15, 0.2) is 5.69 Å². The molecule has 1 unspecified atom stereocenters. The van der Waals surface area contributed by atoms with Crippen LogP contribution in [0.5, 0.6) is 0 Å². The minimum absolute atomic E-state index is 0.222. The molecule has 1 aliphatic heterocycles. The van der Waals surface area contributed by atoms with E-state index in [1.807, 2.05) is 12.1 Å². The Labute approximate surface area is 165 Å². The molecule has 1 saturated heterocycles. The quantitative estimate of drug-likeness (QED) is 0.826. The van der Waals surface area contributed by atoms with E-state index in [4.69, 9.17) is 0 Å². The van der Waals surface area contributed by atoms with Crippen LogP contribution in [-0.2, 0) is 11.2 Å². The Bertz CT molecular complexity index is 859. The summed E-state index contributed by atoms with van der Waals surface area (Å²) in [7, 11) is 0. The van der Waals surface area contributed by atoms with Crippen LogP contribution in [0, 0.1) is 5.92 Å². The molecule has 1 aromatic heterocycles. The molecule has 3 rings (SSSR count). The Balaban J connectivity index is 1.93. The molecule has 1 amide bonds. The molecular weight excluding hydrogens is 356 g/mol. The molecule has 150 valence electrons. The molecule has 0 bridgehead atoms. The lowest BCUT2D eigenvalue weighted by Gasteiger charge is -2.30. The number of rotatable bonds is 6. The largest absolute Gasteiger partial charge is 0.481 e. The van der Waals surface area contributed by atoms with Gasteiger partial charge in [0.2, 0.25) is 0 Å². The van der Waals surface area contributed by atoms with Crippen molar-refractivity contribution in [3.8, 4) is 5.69 Å². The number of carboxylic acid groups (broad SMARTS) is 1. The van der Waals surface area contributed by atoms with Gasteiger partial charge >= 0.3 is 5.97 Å². The van der Waals surface area contributed by atoms with Gasteiger partial charge in [0, 0.05) is 13.1 Å². The highest BCUT2D eigenvalue weighted by atomic mass is 16.4. The van der Waals surface area contributed by atoms with Gasteiger partial charge in [0.25, 0.3) is 5.91 Å². The molecule has 7 heteroatoms. The molecule has 2 heterocycles. The Hall–Kier alpha value is -2.70. The van der Waals surface area contributed by atoms with E-state index in [0.717, 1.165) is 17.8 Å². The first kappa shape index (κ1) is 20.0. The fourth-order valence-electron chi connectivity index (χ4n) is 3.66. The van der Waals surface area contributed by atoms with E-state index in [0.29, 0.717) is 37.4 Å². The van der Waals surface area contributed by atoms with Crippen molar-refractivity contribution in [2.75, 3.05) is 13.1 Å². The van der Waals surface area contributed by atoms with Crippen molar-refractivity contribution in [1.82, 2.24) is 19.9 Å². The van der Waals surface area contributed by atoms with Crippen LogP contribution in [0.1, 0.15) is 67.7 Å². The third-order valence-electron chi connectivity index (χ3n) is 5.29. The second-order valence-corrected chi connectivity index (χ2v) is 7.72. The predicted molar refractivity (Wildman–Crippen MR) is 106 cm³/mol. The number of carbonyl (C=O) groups excluding carboxylic acids is 1. The third-order valence-corrected chi connectivity index (χ3v) is 5.29. The number of hydrogen-bond acceptors (Lipinski definition) is 4. The SMILES string of the molecule is CCCc1c(C(=O)N2CCCC(C(=O)O)C2)nnn1-c1cccc(C(C)C)c1. The van der Waals surface area contributed by atoms with Crippen molar-refractivity contribution in [3.05, 3.63) is 41.2 Å². The summed E-state index contributed by atoms with van der Waals surface area (Å²) in [5.74, 6) is -1.19. The molecule has 1 aromatic carbocycles. The molecule has 0 saturated carbocycles. The first-order valence-electron chi connectivity index (χ1n) is 9.99. The zero-order valence-electron chi connectivity index (χ0n) is 16.8. The van der Waals surface area contributed by atoms with Crippen molar-refractivity contribution in [2.24, 2.45) is 5.92 Å². The van der Waals surface area contributed by atoms with Gasteiger partial charge in [-0.3, -0.25) is 9.59 Å². The summed E-state index contributed by atoms with van der Waals surface area (Å²) in [4.78, 5) is 26.0. The summed E-state index contributed by atoms with van der Waals surface area (Å²) in [6.45, 7) is 7.12. The van der Waals surface area contributed by atoms with Crippen LogP contribution in [0.15, 0.2) is 24.3 Å². The molecule has 1 atom stereocenters. The molecule has 1 fully saturated rings. The second-order valence-electron chi connectivity index (χ2n) is 7.72. The highest BCUT2D eigenvalue weighted by Gasteiger charge is 2.31. The van der Waals surface area contributed by atoms with Gasteiger partial charge in [0.1, 0.15) is 0 Å². The van der Waals surface area contributed by atoms with Gasteiger partial charge in [-0.15, -0.1) is 5.10 Å². The summed E-state index contributed by atoms with van der Waals surface area (Å²) in [6, 6.07) is 8.12. The normalized spacial score (nSPS) is 17.1. The summed E-state index contributed by atoms with van der Waals surface area (Å²) in [5.41, 5.74) is 3.21. The van der Waals surface area contributed by atoms with Crippen molar-refractivity contribution in [1.29, 1.82) is 0 Å². The topological polar surface area (TPSA) is 88.3 Å². The molecule has 7 nitrogen and oxygen atoms in total. The van der Waals surface area contributed by atoms with Crippen LogP contribution < -0.4 is 0 Å². The average Bonchev–Trinajstić information content (AvgIpc) is 3.11. The number of aliphatic carboxylic acids is 1. The minimum atomic E-state index is -0.847. The monoisotopic (exact) mass is 384 g/mol. The standard InChI is InChI=1S/C21H28N4O3/c1-4-7-18-19(20(26)24-11-6-9-16(13-24)21(27)28)22-23-25(18)17-10-5-8-15(12-17)14(2)3/h5,8,10,12,14,16H,4,6-7,9,11,13H2,1-3H3,(H,27,28). The third kappa shape index (κ3) is 4.08. The first-order chi connectivity index (χ1) is 13.4. The lowest BCUT2D eigenvalue weighted by atomic mass is 9.98. The zero-order valence-corrected chi connectivity index (χ0v) is 16.8. The molecule has 0 aliphatic carbocycles. The van der Waals surface area contributed by atoms with Gasteiger partial charge in [0.05, 0.1) is 17.3 Å². The van der Waals surface area contributed by atoms with E-state index in [1.165, 1.54) is 5.56 Å². The Kier molecular flexibility index (Phi) is 6.11. The predicted octanol–water partition coefficient (Wildman–Crippen LogP) is 3.28. The Morgan fingerprint density at radius 2 is 2.11 bits per heavy atom. The smallest absolute Gasteiger partial charge is 0.308 e. The lowest BCUT2D eigenvalue weighted by molar-refractivity contribution is -0.143. The number of carboxylic acids is 1. The average molecular weight is 384 g/mol. The van der Waals surface area contributed by atoms with Gasteiger partial charge in [-0.05, 0) is 42.9 Å². The molecular formula is C21H28N4O3. The van der Waals surface area contributed by atoms with Crippen LogP contribution in [0.25, 0.3) is 5.69 Å². The Morgan fingerprint density at radius 3 is 2.79 bits per heavy atom. The van der Waals surface area contributed by atoms with Crippen LogP contribution in [0.3, 0.4) is 0 Å². The van der Waals surface area contributed by atoms with Crippen molar-refractivity contribution < 1.29 is 14.7 Å². The van der Waals surface area contributed by atoms with Crippen LogP contribution in [-0.4, -0.2) is 50.0 Å². The van der Waals surface area contributed by atoms with E-state index in [2.05, 4.69) is 43.2 Å². The molecule has 28 heavy (non-hydrogen) atoms. The fourth-order valence-corrected chi connectivity index (χ4v) is 3.66. The van der Waals surface area contributed by atoms with Crippen molar-refractivity contribution in [3.63, 3.8) is 0 Å². The minimum Gasteiger partial charge on any atom is -0.481 e. The zero-order chi connectivity index (χ0) is 20.3. The molecule has 2 aromatic rings. The summed E-state index contributed by atoms with van der Waals surface area (Å²) >= 11 is 0. The first-order valence-corrected chi connectivity index (χ1v) is 9.99. The highest BCUT2D eigenvalue weighted by Crippen LogP contribution is 2.23. The molecule has 0 spiro atoms. The number of benzene rings is 1. The van der Waals surface area contributed by atoms with Gasteiger partial charge in [-0.25, -0.2) is 4.68 Å². The van der Waals surface area contributed by atoms with Gasteiger partial charge in [-0.1, -0.05) is 44.5 Å². The fraction of sp³-hybridized carbons (Fsp3) is 0.524. The van der Waals surface area contributed by atoms with E-state index in [9.17, 15) is 14.7 Å². The van der Waals surface area contributed by atoms with Gasteiger partial charge in [-0.2, -0.15) is 0 Å². The Morgan fingerprint density at radius 1 is 1.32 bits per heavy atom. The lowest BCUT2D eigenvalue weighted by Crippen LogP contribution is -2.42. The highest BCUT2D eigenvalue weighted by molar-refractivity contribution is 5.93. The van der Waals surface area contributed by atoms with Crippen molar-refractivity contribution in [2.45, 2.75) is 52.4 Å². The van der Waals surface area contributed by atoms with Crippen LogP contribution in [0.2, 0.25) is 0 Å². The van der Waals surface area contributed by atoms with E-state index in [-0.39, 0.29) is 12.5 Å². The van der Waals surface area contributed by atoms with E-state index < -0.39 is 11.9 Å². The number of hydrogen-bond donors (Lipinski definition) is 1. The van der Waals surface area contributed by atoms with E-state index >= 15 is 0 Å². The second kappa shape index (κ2) is 8.54. The molecule has 1 N–H and O–H groups in total. The maximum absolute atomic E-state index is 13.1.